The maximum absolute atomic E-state index is 13.6. The minimum absolute atomic E-state index is 0.0921. The van der Waals surface area contributed by atoms with E-state index in [0.29, 0.717) is 0 Å². The van der Waals surface area contributed by atoms with Crippen molar-refractivity contribution in [2.24, 2.45) is 0 Å². The molecule has 1 heterocycles. The minimum Gasteiger partial charge on any atom is -0.380 e. The summed E-state index contributed by atoms with van der Waals surface area (Å²) in [5.74, 6) is -1.55. The second kappa shape index (κ2) is 4.31. The fourth-order valence-corrected chi connectivity index (χ4v) is 1.70. The molecule has 1 aromatic heterocycles. The van der Waals surface area contributed by atoms with Crippen molar-refractivity contribution in [1.29, 1.82) is 0 Å². The third kappa shape index (κ3) is 1.85. The van der Waals surface area contributed by atoms with E-state index >= 15 is 0 Å². The molecule has 1 atom stereocenters. The number of hydrogen-bond acceptors (Lipinski definition) is 2. The Labute approximate surface area is 98.3 Å². The first kappa shape index (κ1) is 11.2. The zero-order chi connectivity index (χ0) is 11.7. The lowest BCUT2D eigenvalue weighted by molar-refractivity contribution is 0.200. The first-order valence-corrected chi connectivity index (χ1v) is 5.21. The third-order valence-electron chi connectivity index (χ3n) is 2.13. The van der Waals surface area contributed by atoms with Gasteiger partial charge in [-0.05, 0) is 28.1 Å². The number of nitrogens with one attached hydrogen (secondary N) is 1. The van der Waals surface area contributed by atoms with Gasteiger partial charge in [0.15, 0.2) is 0 Å². The lowest BCUT2D eigenvalue weighted by Gasteiger charge is -2.11. The zero-order valence-corrected chi connectivity index (χ0v) is 9.50. The van der Waals surface area contributed by atoms with E-state index in [-0.39, 0.29) is 10.3 Å². The Kier molecular flexibility index (Phi) is 3.02. The summed E-state index contributed by atoms with van der Waals surface area (Å²) in [6.45, 7) is 0. The van der Waals surface area contributed by atoms with Gasteiger partial charge in [-0.2, -0.15) is 0 Å². The second-order valence-electron chi connectivity index (χ2n) is 3.13. The monoisotopic (exact) mass is 288 g/mol. The van der Waals surface area contributed by atoms with E-state index in [0.717, 1.165) is 6.07 Å². The van der Waals surface area contributed by atoms with Gasteiger partial charge in [-0.3, -0.25) is 0 Å². The molecule has 6 heteroatoms. The number of aliphatic hydroxyl groups is 1. The van der Waals surface area contributed by atoms with Crippen molar-refractivity contribution in [3.05, 3.63) is 52.0 Å². The number of benzene rings is 1. The molecule has 0 aliphatic heterocycles. The van der Waals surface area contributed by atoms with E-state index < -0.39 is 23.3 Å². The summed E-state index contributed by atoms with van der Waals surface area (Å²) >= 11 is 2.93. The molecule has 0 aliphatic rings. The standard InChI is InChI=1S/C10H7BrF2N2O/c11-5-1-2-6(12)7(8(5)13)9(16)10-14-3-4-15-10/h1-4,9,16H,(H,14,15). The van der Waals surface area contributed by atoms with Crippen LogP contribution in [0.2, 0.25) is 0 Å². The fraction of sp³-hybridized carbons (Fsp3) is 0.100. The van der Waals surface area contributed by atoms with Gasteiger partial charge in [0.05, 0.1) is 10.0 Å². The summed E-state index contributed by atoms with van der Waals surface area (Å²) in [7, 11) is 0. The molecule has 0 fully saturated rings. The van der Waals surface area contributed by atoms with Gasteiger partial charge in [-0.25, -0.2) is 13.8 Å². The summed E-state index contributed by atoms with van der Waals surface area (Å²) < 4.78 is 27.1. The van der Waals surface area contributed by atoms with Crippen molar-refractivity contribution in [2.45, 2.75) is 6.10 Å². The highest BCUT2D eigenvalue weighted by atomic mass is 79.9. The van der Waals surface area contributed by atoms with E-state index in [4.69, 9.17) is 0 Å². The predicted molar refractivity (Wildman–Crippen MR) is 56.7 cm³/mol. The number of aromatic amines is 1. The van der Waals surface area contributed by atoms with Gasteiger partial charge in [0.2, 0.25) is 0 Å². The predicted octanol–water partition coefficient (Wildman–Crippen LogP) is 2.53. The van der Waals surface area contributed by atoms with Crippen LogP contribution in [-0.4, -0.2) is 15.1 Å². The van der Waals surface area contributed by atoms with Gasteiger partial charge in [-0.1, -0.05) is 0 Å². The second-order valence-corrected chi connectivity index (χ2v) is 3.99. The smallest absolute Gasteiger partial charge is 0.146 e. The molecule has 2 rings (SSSR count). The van der Waals surface area contributed by atoms with Crippen molar-refractivity contribution >= 4 is 15.9 Å². The maximum atomic E-state index is 13.6. The molecule has 2 N–H and O–H groups in total. The summed E-state index contributed by atoms with van der Waals surface area (Å²) in [4.78, 5) is 6.35. The van der Waals surface area contributed by atoms with E-state index in [1.165, 1.54) is 18.5 Å². The first-order valence-electron chi connectivity index (χ1n) is 4.42. The number of nitrogens with zero attached hydrogens (tertiary/aromatic N) is 1. The number of aliphatic hydroxyl groups excluding tert-OH is 1. The Morgan fingerprint density at radius 1 is 1.38 bits per heavy atom. The number of aromatic nitrogens is 2. The number of rotatable bonds is 2. The van der Waals surface area contributed by atoms with Crippen LogP contribution in [0, 0.1) is 11.6 Å². The molecule has 1 aromatic carbocycles. The summed E-state index contributed by atoms with van der Waals surface area (Å²) in [5.41, 5.74) is -0.427. The number of H-pyrrole nitrogens is 1. The van der Waals surface area contributed by atoms with E-state index in [1.54, 1.807) is 0 Å². The molecule has 0 aliphatic carbocycles. The van der Waals surface area contributed by atoms with Crippen LogP contribution in [0.25, 0.3) is 0 Å². The molecule has 0 amide bonds. The lowest BCUT2D eigenvalue weighted by atomic mass is 10.1. The number of hydrogen-bond donors (Lipinski definition) is 2. The SMILES string of the molecule is OC(c1ncc[nH]1)c1c(F)ccc(Br)c1F. The fourth-order valence-electron chi connectivity index (χ4n) is 1.36. The topological polar surface area (TPSA) is 48.9 Å². The van der Waals surface area contributed by atoms with Crippen LogP contribution in [-0.2, 0) is 0 Å². The lowest BCUT2D eigenvalue weighted by Crippen LogP contribution is -2.07. The summed E-state index contributed by atoms with van der Waals surface area (Å²) in [6, 6.07) is 2.32. The van der Waals surface area contributed by atoms with Gasteiger partial charge in [0, 0.05) is 12.4 Å². The summed E-state index contributed by atoms with van der Waals surface area (Å²) in [6.07, 6.45) is 1.41. The molecule has 1 unspecified atom stereocenters. The Bertz CT molecular complexity index is 502. The van der Waals surface area contributed by atoms with Crippen LogP contribution in [0.1, 0.15) is 17.5 Å². The van der Waals surface area contributed by atoms with E-state index in [1.807, 2.05) is 0 Å². The third-order valence-corrected chi connectivity index (χ3v) is 2.74. The van der Waals surface area contributed by atoms with E-state index in [9.17, 15) is 13.9 Å². The molecule has 0 radical (unpaired) electrons. The largest absolute Gasteiger partial charge is 0.380 e. The number of imidazole rings is 1. The van der Waals surface area contributed by atoms with Gasteiger partial charge < -0.3 is 10.1 Å². The van der Waals surface area contributed by atoms with Gasteiger partial charge in [0.1, 0.15) is 23.6 Å². The van der Waals surface area contributed by atoms with Crippen molar-refractivity contribution in [1.82, 2.24) is 9.97 Å². The Morgan fingerprint density at radius 2 is 2.12 bits per heavy atom. The van der Waals surface area contributed by atoms with Crippen LogP contribution in [0.4, 0.5) is 8.78 Å². The summed E-state index contributed by atoms with van der Waals surface area (Å²) in [5, 5.41) is 9.77. The van der Waals surface area contributed by atoms with Crippen LogP contribution < -0.4 is 0 Å². The molecule has 0 saturated carbocycles. The molecule has 0 saturated heterocycles. The maximum Gasteiger partial charge on any atom is 0.146 e. The van der Waals surface area contributed by atoms with Crippen LogP contribution in [0.15, 0.2) is 29.0 Å². The highest BCUT2D eigenvalue weighted by Gasteiger charge is 2.23. The highest BCUT2D eigenvalue weighted by molar-refractivity contribution is 9.10. The Hall–Kier alpha value is -1.27. The van der Waals surface area contributed by atoms with Crippen LogP contribution in [0.5, 0.6) is 0 Å². The molecular weight excluding hydrogens is 282 g/mol. The Morgan fingerprint density at radius 3 is 2.75 bits per heavy atom. The normalized spacial score (nSPS) is 12.8. The highest BCUT2D eigenvalue weighted by Crippen LogP contribution is 2.29. The molecular formula is C10H7BrF2N2O. The van der Waals surface area contributed by atoms with Crippen LogP contribution in [0.3, 0.4) is 0 Å². The Balaban J connectivity index is 2.52. The zero-order valence-electron chi connectivity index (χ0n) is 7.92. The van der Waals surface area contributed by atoms with Crippen molar-refractivity contribution < 1.29 is 13.9 Å². The molecule has 0 bridgehead atoms. The van der Waals surface area contributed by atoms with Crippen LogP contribution >= 0.6 is 15.9 Å². The molecule has 0 spiro atoms. The van der Waals surface area contributed by atoms with Crippen molar-refractivity contribution in [3.63, 3.8) is 0 Å². The first-order chi connectivity index (χ1) is 7.61. The van der Waals surface area contributed by atoms with Gasteiger partial charge in [0.25, 0.3) is 0 Å². The minimum atomic E-state index is -1.45. The van der Waals surface area contributed by atoms with Crippen molar-refractivity contribution in [2.75, 3.05) is 0 Å². The average Bonchev–Trinajstić information content (AvgIpc) is 2.77. The molecule has 3 nitrogen and oxygen atoms in total. The average molecular weight is 289 g/mol. The van der Waals surface area contributed by atoms with E-state index in [2.05, 4.69) is 25.9 Å². The molecule has 84 valence electrons. The molecule has 16 heavy (non-hydrogen) atoms. The number of halogens is 3. The van der Waals surface area contributed by atoms with Gasteiger partial charge in [-0.15, -0.1) is 0 Å². The quantitative estimate of drug-likeness (QED) is 0.835. The van der Waals surface area contributed by atoms with Crippen molar-refractivity contribution in [3.8, 4) is 0 Å². The van der Waals surface area contributed by atoms with Gasteiger partial charge >= 0.3 is 0 Å². The molecule has 2 aromatic rings.